The molecule has 0 fully saturated rings. The first-order chi connectivity index (χ1) is 7.77. The summed E-state index contributed by atoms with van der Waals surface area (Å²) in [6, 6.07) is 7.63. The summed E-state index contributed by atoms with van der Waals surface area (Å²) in [6.07, 6.45) is 1.86. The van der Waals surface area contributed by atoms with Gasteiger partial charge >= 0.3 is 0 Å². The molecule has 3 aromatic rings. The van der Waals surface area contributed by atoms with Gasteiger partial charge in [-0.25, -0.2) is 4.98 Å². The van der Waals surface area contributed by atoms with Crippen molar-refractivity contribution in [2.45, 2.75) is 0 Å². The summed E-state index contributed by atoms with van der Waals surface area (Å²) in [5.41, 5.74) is 7.54. The van der Waals surface area contributed by atoms with Crippen LogP contribution in [0.25, 0.3) is 16.2 Å². The van der Waals surface area contributed by atoms with Gasteiger partial charge in [0.15, 0.2) is 5.65 Å². The summed E-state index contributed by atoms with van der Waals surface area (Å²) in [4.78, 5) is 5.52. The van der Waals surface area contributed by atoms with Crippen molar-refractivity contribution in [3.05, 3.63) is 40.9 Å². The van der Waals surface area contributed by atoms with E-state index in [-0.39, 0.29) is 0 Å². The minimum Gasteiger partial charge on any atom is -0.383 e. The van der Waals surface area contributed by atoms with E-state index in [1.165, 1.54) is 0 Å². The Hall–Kier alpha value is -1.52. The molecule has 0 saturated carbocycles. The Kier molecular flexibility index (Phi) is 2.12. The molecular weight excluding hydrogens is 242 g/mol. The van der Waals surface area contributed by atoms with E-state index in [0.717, 1.165) is 10.6 Å². The standard InChI is InChI=1S/C11H8ClN3S/c12-7-3-1-5-15-10(13)9(14-11(7)15)8-4-2-6-16-8/h1-6H,13H2. The minimum atomic E-state index is 0.608. The zero-order valence-electron chi connectivity index (χ0n) is 8.22. The topological polar surface area (TPSA) is 43.3 Å². The third kappa shape index (κ3) is 1.31. The first-order valence-corrected chi connectivity index (χ1v) is 5.99. The first-order valence-electron chi connectivity index (χ1n) is 4.73. The normalized spacial score (nSPS) is 11.1. The number of halogens is 1. The van der Waals surface area contributed by atoms with Gasteiger partial charge in [0.25, 0.3) is 0 Å². The quantitative estimate of drug-likeness (QED) is 0.719. The number of aromatic nitrogens is 2. The Morgan fingerprint density at radius 3 is 2.88 bits per heavy atom. The fraction of sp³-hybridized carbons (Fsp3) is 0. The smallest absolute Gasteiger partial charge is 0.158 e. The molecule has 80 valence electrons. The lowest BCUT2D eigenvalue weighted by atomic mass is 10.3. The van der Waals surface area contributed by atoms with Gasteiger partial charge in [-0.2, -0.15) is 0 Å². The van der Waals surface area contributed by atoms with E-state index in [0.29, 0.717) is 16.5 Å². The molecule has 3 rings (SSSR count). The number of rotatable bonds is 1. The van der Waals surface area contributed by atoms with Crippen molar-refractivity contribution in [3.8, 4) is 10.6 Å². The van der Waals surface area contributed by atoms with E-state index in [1.54, 1.807) is 15.7 Å². The highest BCUT2D eigenvalue weighted by atomic mass is 35.5. The second kappa shape index (κ2) is 3.50. The number of nitrogen functional groups attached to an aromatic ring is 1. The molecule has 3 nitrogen and oxygen atoms in total. The van der Waals surface area contributed by atoms with E-state index in [4.69, 9.17) is 17.3 Å². The molecule has 0 bridgehead atoms. The van der Waals surface area contributed by atoms with Gasteiger partial charge in [0, 0.05) is 6.20 Å². The molecule has 0 aliphatic rings. The minimum absolute atomic E-state index is 0.608. The fourth-order valence-electron chi connectivity index (χ4n) is 1.65. The molecule has 0 amide bonds. The van der Waals surface area contributed by atoms with Crippen molar-refractivity contribution in [3.63, 3.8) is 0 Å². The molecule has 0 aliphatic carbocycles. The predicted octanol–water partition coefficient (Wildman–Crippen LogP) is 3.30. The average molecular weight is 250 g/mol. The summed E-state index contributed by atoms with van der Waals surface area (Å²) in [7, 11) is 0. The average Bonchev–Trinajstić information content (AvgIpc) is 2.88. The predicted molar refractivity (Wildman–Crippen MR) is 67.9 cm³/mol. The zero-order chi connectivity index (χ0) is 11.1. The van der Waals surface area contributed by atoms with Crippen molar-refractivity contribution in [2.75, 3.05) is 5.73 Å². The van der Waals surface area contributed by atoms with E-state index in [2.05, 4.69) is 4.98 Å². The van der Waals surface area contributed by atoms with Gasteiger partial charge in [0.2, 0.25) is 0 Å². The van der Waals surface area contributed by atoms with Crippen LogP contribution in [-0.4, -0.2) is 9.38 Å². The lowest BCUT2D eigenvalue weighted by Crippen LogP contribution is -1.93. The number of anilines is 1. The monoisotopic (exact) mass is 249 g/mol. The van der Waals surface area contributed by atoms with Gasteiger partial charge < -0.3 is 5.73 Å². The molecule has 0 unspecified atom stereocenters. The number of hydrogen-bond acceptors (Lipinski definition) is 3. The number of hydrogen-bond donors (Lipinski definition) is 1. The summed E-state index contributed by atoms with van der Waals surface area (Å²) in [6.45, 7) is 0. The maximum absolute atomic E-state index is 6.07. The molecular formula is C11H8ClN3S. The highest BCUT2D eigenvalue weighted by Crippen LogP contribution is 2.31. The van der Waals surface area contributed by atoms with Gasteiger partial charge in [0.1, 0.15) is 11.5 Å². The van der Waals surface area contributed by atoms with Gasteiger partial charge in [-0.3, -0.25) is 4.40 Å². The Bertz CT molecular complexity index is 643. The van der Waals surface area contributed by atoms with Crippen molar-refractivity contribution in [2.24, 2.45) is 0 Å². The Morgan fingerprint density at radius 2 is 2.19 bits per heavy atom. The van der Waals surface area contributed by atoms with Crippen LogP contribution >= 0.6 is 22.9 Å². The van der Waals surface area contributed by atoms with Crippen LogP contribution in [0.2, 0.25) is 5.02 Å². The summed E-state index contributed by atoms with van der Waals surface area (Å²) >= 11 is 7.68. The largest absolute Gasteiger partial charge is 0.383 e. The molecule has 0 atom stereocenters. The Balaban J connectivity index is 2.36. The molecule has 2 N–H and O–H groups in total. The molecule has 0 aromatic carbocycles. The van der Waals surface area contributed by atoms with Crippen LogP contribution in [0.3, 0.4) is 0 Å². The van der Waals surface area contributed by atoms with E-state index >= 15 is 0 Å². The molecule has 3 aromatic heterocycles. The van der Waals surface area contributed by atoms with Gasteiger partial charge in [-0.05, 0) is 23.6 Å². The maximum atomic E-state index is 6.07. The van der Waals surface area contributed by atoms with Crippen LogP contribution in [0, 0.1) is 0 Å². The molecule has 3 heterocycles. The van der Waals surface area contributed by atoms with Crippen molar-refractivity contribution < 1.29 is 0 Å². The Morgan fingerprint density at radius 1 is 1.31 bits per heavy atom. The zero-order valence-corrected chi connectivity index (χ0v) is 9.79. The number of pyridine rings is 1. The fourth-order valence-corrected chi connectivity index (χ4v) is 2.58. The van der Waals surface area contributed by atoms with E-state index < -0.39 is 0 Å². The number of imidazole rings is 1. The van der Waals surface area contributed by atoms with Gasteiger partial charge in [0.05, 0.1) is 9.90 Å². The summed E-state index contributed by atoms with van der Waals surface area (Å²) in [5.74, 6) is 0.625. The molecule has 16 heavy (non-hydrogen) atoms. The molecule has 5 heteroatoms. The first kappa shape index (κ1) is 9.69. The maximum Gasteiger partial charge on any atom is 0.158 e. The number of nitrogens with two attached hydrogens (primary N) is 1. The summed E-state index contributed by atoms with van der Waals surface area (Å²) in [5, 5.41) is 2.61. The lowest BCUT2D eigenvalue weighted by Gasteiger charge is -1.96. The number of nitrogens with zero attached hydrogens (tertiary/aromatic N) is 2. The van der Waals surface area contributed by atoms with E-state index in [1.807, 2.05) is 35.8 Å². The molecule has 0 spiro atoms. The lowest BCUT2D eigenvalue weighted by molar-refractivity contribution is 1.20. The number of fused-ring (bicyclic) bond motifs is 1. The molecule has 0 aliphatic heterocycles. The highest BCUT2D eigenvalue weighted by Gasteiger charge is 2.13. The van der Waals surface area contributed by atoms with Crippen molar-refractivity contribution >= 4 is 34.4 Å². The second-order valence-corrected chi connectivity index (χ2v) is 4.73. The molecule has 0 radical (unpaired) electrons. The Labute approximate surface area is 101 Å². The summed E-state index contributed by atoms with van der Waals surface area (Å²) < 4.78 is 1.80. The van der Waals surface area contributed by atoms with Gasteiger partial charge in [-0.1, -0.05) is 17.7 Å². The third-order valence-electron chi connectivity index (χ3n) is 2.39. The SMILES string of the molecule is Nc1c(-c2cccs2)nc2c(Cl)cccn12. The van der Waals surface area contributed by atoms with Crippen LogP contribution in [0.4, 0.5) is 5.82 Å². The van der Waals surface area contributed by atoms with Crippen LogP contribution in [-0.2, 0) is 0 Å². The van der Waals surface area contributed by atoms with Crippen molar-refractivity contribution in [1.29, 1.82) is 0 Å². The third-order valence-corrected chi connectivity index (χ3v) is 3.57. The van der Waals surface area contributed by atoms with Crippen LogP contribution < -0.4 is 5.73 Å². The van der Waals surface area contributed by atoms with Crippen LogP contribution in [0.15, 0.2) is 35.8 Å². The molecule has 0 saturated heterocycles. The highest BCUT2D eigenvalue weighted by molar-refractivity contribution is 7.13. The second-order valence-electron chi connectivity index (χ2n) is 3.37. The van der Waals surface area contributed by atoms with Crippen LogP contribution in [0.5, 0.6) is 0 Å². The van der Waals surface area contributed by atoms with Crippen molar-refractivity contribution in [1.82, 2.24) is 9.38 Å². The van der Waals surface area contributed by atoms with Gasteiger partial charge in [-0.15, -0.1) is 11.3 Å². The number of thiophene rings is 1. The van der Waals surface area contributed by atoms with Crippen LogP contribution in [0.1, 0.15) is 0 Å². The van der Waals surface area contributed by atoms with E-state index in [9.17, 15) is 0 Å².